The molecule has 0 aliphatic carbocycles. The van der Waals surface area contributed by atoms with Gasteiger partial charge in [-0.15, -0.1) is 0 Å². The van der Waals surface area contributed by atoms with Crippen LogP contribution in [0.15, 0.2) is 51.8 Å². The summed E-state index contributed by atoms with van der Waals surface area (Å²) in [5, 5.41) is -0.00654. The van der Waals surface area contributed by atoms with Crippen molar-refractivity contribution < 1.29 is 9.21 Å². The minimum Gasteiger partial charge on any atom is -0.457 e. The maximum atomic E-state index is 11.9. The number of carbonyl (C=O) groups excluding carboxylic acids is 1. The smallest absolute Gasteiger partial charge is 0.291 e. The molecule has 0 saturated carbocycles. The quantitative estimate of drug-likeness (QED) is 0.571. The van der Waals surface area contributed by atoms with Crippen LogP contribution in [-0.4, -0.2) is 21.7 Å². The molecule has 0 spiro atoms. The van der Waals surface area contributed by atoms with Gasteiger partial charge >= 0.3 is 0 Å². The zero-order valence-electron chi connectivity index (χ0n) is 12.1. The fraction of sp³-hybridized carbons (Fsp3) is 0.176. The summed E-state index contributed by atoms with van der Waals surface area (Å²) in [6, 6.07) is 13.7. The molecule has 0 unspecified atom stereocenters. The van der Waals surface area contributed by atoms with Gasteiger partial charge in [-0.1, -0.05) is 49.5 Å². The first-order valence-corrected chi connectivity index (χ1v) is 8.32. The average Bonchev–Trinajstić information content (AvgIpc) is 3.09. The standard InChI is InChI=1S/C17H15NO2S2/c1-2-10-18-16(21)15(22-17(18)19)11-13-8-9-14(20-13)12-6-4-3-5-7-12/h3-9,11H,2,10H2,1H3/b15-11+. The Bertz CT molecular complexity index is 734. The second-order valence-corrected chi connectivity index (χ2v) is 6.28. The number of thiocarbonyl (C=S) groups is 1. The van der Waals surface area contributed by atoms with Crippen LogP contribution >= 0.6 is 24.0 Å². The number of amides is 1. The molecule has 0 bridgehead atoms. The van der Waals surface area contributed by atoms with E-state index >= 15 is 0 Å². The van der Waals surface area contributed by atoms with E-state index in [-0.39, 0.29) is 5.24 Å². The van der Waals surface area contributed by atoms with Gasteiger partial charge in [0.25, 0.3) is 5.24 Å². The molecular weight excluding hydrogens is 314 g/mol. The number of nitrogens with zero attached hydrogens (tertiary/aromatic N) is 1. The van der Waals surface area contributed by atoms with E-state index in [4.69, 9.17) is 16.6 Å². The van der Waals surface area contributed by atoms with Crippen LogP contribution in [0.3, 0.4) is 0 Å². The number of hydrogen-bond acceptors (Lipinski definition) is 4. The van der Waals surface area contributed by atoms with Crippen molar-refractivity contribution in [2.24, 2.45) is 0 Å². The predicted molar refractivity (Wildman–Crippen MR) is 94.7 cm³/mol. The lowest BCUT2D eigenvalue weighted by Crippen LogP contribution is -2.27. The van der Waals surface area contributed by atoms with Crippen LogP contribution in [0.4, 0.5) is 4.79 Å². The highest BCUT2D eigenvalue weighted by molar-refractivity contribution is 8.19. The third-order valence-corrected chi connectivity index (χ3v) is 4.77. The van der Waals surface area contributed by atoms with Gasteiger partial charge in [0, 0.05) is 12.1 Å². The van der Waals surface area contributed by atoms with Gasteiger partial charge in [-0.3, -0.25) is 9.69 Å². The fourth-order valence-corrected chi connectivity index (χ4v) is 3.50. The number of furan rings is 1. The molecule has 1 fully saturated rings. The van der Waals surface area contributed by atoms with Crippen LogP contribution in [0.5, 0.6) is 0 Å². The summed E-state index contributed by atoms with van der Waals surface area (Å²) in [6.07, 6.45) is 2.73. The first kappa shape index (κ1) is 15.1. The summed E-state index contributed by atoms with van der Waals surface area (Å²) < 4.78 is 5.83. The molecule has 3 rings (SSSR count). The topological polar surface area (TPSA) is 33.5 Å². The molecule has 112 valence electrons. The molecule has 1 saturated heterocycles. The van der Waals surface area contributed by atoms with Gasteiger partial charge in [-0.2, -0.15) is 0 Å². The lowest BCUT2D eigenvalue weighted by atomic mass is 10.2. The van der Waals surface area contributed by atoms with Crippen LogP contribution in [0.2, 0.25) is 0 Å². The van der Waals surface area contributed by atoms with E-state index < -0.39 is 0 Å². The van der Waals surface area contributed by atoms with Crippen LogP contribution in [0.25, 0.3) is 17.4 Å². The third kappa shape index (κ3) is 3.00. The van der Waals surface area contributed by atoms with Crippen molar-refractivity contribution in [2.75, 3.05) is 6.54 Å². The second-order valence-electron chi connectivity index (χ2n) is 4.90. The SMILES string of the molecule is CCCN1C(=O)S/C(=C/c2ccc(-c3ccccc3)o2)C1=S. The van der Waals surface area contributed by atoms with Crippen molar-refractivity contribution >= 4 is 40.3 Å². The maximum Gasteiger partial charge on any atom is 0.291 e. The Morgan fingerprint density at radius 2 is 2.00 bits per heavy atom. The van der Waals surface area contributed by atoms with Crippen molar-refractivity contribution in [3.05, 3.63) is 53.1 Å². The van der Waals surface area contributed by atoms with E-state index in [0.29, 0.717) is 17.3 Å². The first-order chi connectivity index (χ1) is 10.7. The zero-order valence-corrected chi connectivity index (χ0v) is 13.7. The molecule has 3 nitrogen and oxygen atoms in total. The molecule has 2 heterocycles. The summed E-state index contributed by atoms with van der Waals surface area (Å²) in [6.45, 7) is 2.69. The first-order valence-electron chi connectivity index (χ1n) is 7.09. The van der Waals surface area contributed by atoms with Gasteiger partial charge in [-0.25, -0.2) is 0 Å². The summed E-state index contributed by atoms with van der Waals surface area (Å²) >= 11 is 6.55. The molecule has 1 aromatic heterocycles. The Hall–Kier alpha value is -1.85. The molecule has 1 amide bonds. The number of benzene rings is 1. The normalized spacial score (nSPS) is 16.8. The van der Waals surface area contributed by atoms with E-state index in [1.807, 2.05) is 55.5 Å². The molecule has 0 N–H and O–H groups in total. The van der Waals surface area contributed by atoms with Gasteiger partial charge in [-0.05, 0) is 36.4 Å². The van der Waals surface area contributed by atoms with Gasteiger partial charge in [0.05, 0.1) is 4.91 Å². The summed E-state index contributed by atoms with van der Waals surface area (Å²) in [7, 11) is 0. The largest absolute Gasteiger partial charge is 0.457 e. The Labute approximate surface area is 139 Å². The van der Waals surface area contributed by atoms with Crippen LogP contribution in [0, 0.1) is 0 Å². The Morgan fingerprint density at radius 1 is 1.23 bits per heavy atom. The molecule has 1 aliphatic heterocycles. The maximum absolute atomic E-state index is 11.9. The van der Waals surface area contributed by atoms with Crippen LogP contribution < -0.4 is 0 Å². The van der Waals surface area contributed by atoms with E-state index in [0.717, 1.165) is 22.6 Å². The fourth-order valence-electron chi connectivity index (χ4n) is 2.23. The molecule has 22 heavy (non-hydrogen) atoms. The molecule has 5 heteroatoms. The number of carbonyl (C=O) groups is 1. The summed E-state index contributed by atoms with van der Waals surface area (Å²) in [4.78, 5) is 14.9. The van der Waals surface area contributed by atoms with Gasteiger partial charge in [0.2, 0.25) is 0 Å². The van der Waals surface area contributed by atoms with Crippen molar-refractivity contribution in [3.63, 3.8) is 0 Å². The minimum absolute atomic E-state index is 0.00654. The van der Waals surface area contributed by atoms with E-state index in [1.54, 1.807) is 4.90 Å². The van der Waals surface area contributed by atoms with Crippen molar-refractivity contribution in [3.8, 4) is 11.3 Å². The predicted octanol–water partition coefficient (Wildman–Crippen LogP) is 5.19. The molecule has 0 atom stereocenters. The second kappa shape index (κ2) is 6.50. The van der Waals surface area contributed by atoms with Crippen molar-refractivity contribution in [1.29, 1.82) is 0 Å². The monoisotopic (exact) mass is 329 g/mol. The van der Waals surface area contributed by atoms with Crippen molar-refractivity contribution in [1.82, 2.24) is 4.90 Å². The number of thioether (sulfide) groups is 1. The Kier molecular flexibility index (Phi) is 4.45. The number of hydrogen-bond donors (Lipinski definition) is 0. The van der Waals surface area contributed by atoms with Crippen LogP contribution in [-0.2, 0) is 0 Å². The molecular formula is C17H15NO2S2. The van der Waals surface area contributed by atoms with E-state index in [9.17, 15) is 4.79 Å². The highest BCUT2D eigenvalue weighted by Gasteiger charge is 2.31. The minimum atomic E-state index is -0.00654. The lowest BCUT2D eigenvalue weighted by Gasteiger charge is -2.12. The highest BCUT2D eigenvalue weighted by atomic mass is 32.2. The van der Waals surface area contributed by atoms with Crippen LogP contribution in [0.1, 0.15) is 19.1 Å². The summed E-state index contributed by atoms with van der Waals surface area (Å²) in [5.41, 5.74) is 1.03. The third-order valence-electron chi connectivity index (χ3n) is 3.28. The van der Waals surface area contributed by atoms with E-state index in [2.05, 4.69) is 0 Å². The zero-order chi connectivity index (χ0) is 15.5. The highest BCUT2D eigenvalue weighted by Crippen LogP contribution is 2.34. The molecule has 0 radical (unpaired) electrons. The average molecular weight is 329 g/mol. The number of rotatable bonds is 4. The molecule has 2 aromatic rings. The Morgan fingerprint density at radius 3 is 2.73 bits per heavy atom. The van der Waals surface area contributed by atoms with Crippen molar-refractivity contribution in [2.45, 2.75) is 13.3 Å². The van der Waals surface area contributed by atoms with Gasteiger partial charge < -0.3 is 4.42 Å². The van der Waals surface area contributed by atoms with E-state index in [1.165, 1.54) is 11.8 Å². The Balaban J connectivity index is 1.83. The molecule has 1 aromatic carbocycles. The van der Waals surface area contributed by atoms with Gasteiger partial charge in [0.1, 0.15) is 16.5 Å². The summed E-state index contributed by atoms with van der Waals surface area (Å²) in [5.74, 6) is 1.51. The van der Waals surface area contributed by atoms with Gasteiger partial charge in [0.15, 0.2) is 0 Å². The lowest BCUT2D eigenvalue weighted by molar-refractivity contribution is 0.245. The molecule has 1 aliphatic rings.